The lowest BCUT2D eigenvalue weighted by molar-refractivity contribution is -0.137. The Morgan fingerprint density at radius 3 is 2.45 bits per heavy atom. The van der Waals surface area contributed by atoms with Gasteiger partial charge in [-0.2, -0.15) is 0 Å². The number of carbonyl (C=O) groups is 1. The number of carboxylic acid groups (broad SMARTS) is 1. The van der Waals surface area contributed by atoms with E-state index in [2.05, 4.69) is 0 Å². The van der Waals surface area contributed by atoms with E-state index >= 15 is 0 Å². The first-order chi connectivity index (χ1) is 10.4. The Morgan fingerprint density at radius 2 is 1.82 bits per heavy atom. The van der Waals surface area contributed by atoms with Gasteiger partial charge in [-0.25, -0.2) is 0 Å². The molecule has 0 heterocycles. The Morgan fingerprint density at radius 1 is 1.18 bits per heavy atom. The van der Waals surface area contributed by atoms with E-state index in [1.807, 2.05) is 38.1 Å². The van der Waals surface area contributed by atoms with Crippen molar-refractivity contribution in [3.8, 4) is 11.5 Å². The maximum Gasteiger partial charge on any atom is 0.304 e. The van der Waals surface area contributed by atoms with Crippen molar-refractivity contribution in [1.82, 2.24) is 0 Å². The van der Waals surface area contributed by atoms with Crippen molar-refractivity contribution in [2.24, 2.45) is 0 Å². The average molecular weight is 337 g/mol. The van der Waals surface area contributed by atoms with E-state index in [1.165, 1.54) is 11.8 Å². The standard InChI is InChI=1S/C17H17ClO3S/c1-17(2,11-16(19)20)22-15-6-4-3-5-14(15)21-13-9-7-12(18)8-10-13/h3-10H,11H2,1-2H3,(H,19,20). The molecule has 2 aromatic carbocycles. The molecule has 1 N–H and O–H groups in total. The van der Waals surface area contributed by atoms with Gasteiger partial charge >= 0.3 is 5.97 Å². The fraction of sp³-hybridized carbons (Fsp3) is 0.235. The average Bonchev–Trinajstić information content (AvgIpc) is 2.41. The number of aliphatic carboxylic acids is 1. The molecule has 0 spiro atoms. The quantitative estimate of drug-likeness (QED) is 0.710. The van der Waals surface area contributed by atoms with Crippen molar-refractivity contribution < 1.29 is 14.6 Å². The van der Waals surface area contributed by atoms with Crippen LogP contribution in [0, 0.1) is 0 Å². The minimum Gasteiger partial charge on any atom is -0.481 e. The SMILES string of the molecule is CC(C)(CC(=O)O)Sc1ccccc1Oc1ccc(Cl)cc1. The van der Waals surface area contributed by atoms with E-state index in [4.69, 9.17) is 21.4 Å². The maximum atomic E-state index is 11.0. The highest BCUT2D eigenvalue weighted by Gasteiger charge is 2.24. The Balaban J connectivity index is 2.19. The van der Waals surface area contributed by atoms with Crippen LogP contribution >= 0.6 is 23.4 Å². The summed E-state index contributed by atoms with van der Waals surface area (Å²) in [5, 5.41) is 9.65. The second-order valence-corrected chi connectivity index (χ2v) is 7.62. The lowest BCUT2D eigenvalue weighted by Gasteiger charge is -2.23. The first-order valence-corrected chi connectivity index (χ1v) is 7.98. The van der Waals surface area contributed by atoms with Crippen LogP contribution in [0.5, 0.6) is 11.5 Å². The van der Waals surface area contributed by atoms with Crippen molar-refractivity contribution in [2.75, 3.05) is 0 Å². The summed E-state index contributed by atoms with van der Waals surface area (Å²) >= 11 is 7.36. The molecule has 0 aliphatic rings. The van der Waals surface area contributed by atoms with Crippen LogP contribution in [0.25, 0.3) is 0 Å². The summed E-state index contributed by atoms with van der Waals surface area (Å²) in [6.07, 6.45) is 0.0763. The van der Waals surface area contributed by atoms with E-state index in [0.29, 0.717) is 16.5 Å². The predicted molar refractivity (Wildman–Crippen MR) is 90.2 cm³/mol. The highest BCUT2D eigenvalue weighted by atomic mass is 35.5. The third-order valence-electron chi connectivity index (χ3n) is 2.85. The maximum absolute atomic E-state index is 11.0. The third-order valence-corrected chi connectivity index (χ3v) is 4.36. The van der Waals surface area contributed by atoms with Gasteiger partial charge in [0.1, 0.15) is 11.5 Å². The number of para-hydroxylation sites is 1. The smallest absolute Gasteiger partial charge is 0.304 e. The van der Waals surface area contributed by atoms with Gasteiger partial charge in [0.2, 0.25) is 0 Å². The summed E-state index contributed by atoms with van der Waals surface area (Å²) in [7, 11) is 0. The molecule has 5 heteroatoms. The number of hydrogen-bond acceptors (Lipinski definition) is 3. The molecule has 2 aromatic rings. The summed E-state index contributed by atoms with van der Waals surface area (Å²) in [5.41, 5.74) is 0. The molecule has 0 amide bonds. The molecule has 0 saturated carbocycles. The van der Waals surface area contributed by atoms with Gasteiger partial charge in [-0.3, -0.25) is 4.79 Å². The molecule has 0 saturated heterocycles. The van der Waals surface area contributed by atoms with Crippen LogP contribution in [0.3, 0.4) is 0 Å². The van der Waals surface area contributed by atoms with Crippen LogP contribution in [-0.2, 0) is 4.79 Å². The zero-order valence-electron chi connectivity index (χ0n) is 12.4. The lowest BCUT2D eigenvalue weighted by atomic mass is 10.1. The lowest BCUT2D eigenvalue weighted by Crippen LogP contribution is -2.19. The fourth-order valence-corrected chi connectivity index (χ4v) is 3.22. The molecule has 2 rings (SSSR count). The van der Waals surface area contributed by atoms with E-state index < -0.39 is 10.7 Å². The molecule has 0 fully saturated rings. The van der Waals surface area contributed by atoms with Gasteiger partial charge < -0.3 is 9.84 Å². The molecule has 0 aliphatic heterocycles. The summed E-state index contributed by atoms with van der Waals surface area (Å²) in [4.78, 5) is 11.9. The minimum atomic E-state index is -0.811. The molecule has 22 heavy (non-hydrogen) atoms. The van der Waals surface area contributed by atoms with Gasteiger partial charge in [-0.1, -0.05) is 23.7 Å². The summed E-state index contributed by atoms with van der Waals surface area (Å²) in [5.74, 6) is 0.579. The Hall–Kier alpha value is -1.65. The van der Waals surface area contributed by atoms with Gasteiger partial charge in [0, 0.05) is 9.77 Å². The van der Waals surface area contributed by atoms with Crippen molar-refractivity contribution in [3.63, 3.8) is 0 Å². The highest BCUT2D eigenvalue weighted by molar-refractivity contribution is 8.00. The fourth-order valence-electron chi connectivity index (χ4n) is 1.95. The number of rotatable bonds is 6. The normalized spacial score (nSPS) is 11.2. The Kier molecular flexibility index (Phi) is 5.37. The van der Waals surface area contributed by atoms with E-state index in [1.54, 1.807) is 24.3 Å². The second-order valence-electron chi connectivity index (χ2n) is 5.43. The van der Waals surface area contributed by atoms with Crippen LogP contribution in [0.2, 0.25) is 5.02 Å². The predicted octanol–water partition coefficient (Wildman–Crippen LogP) is 5.48. The van der Waals surface area contributed by atoms with E-state index in [9.17, 15) is 4.79 Å². The number of carboxylic acids is 1. The first-order valence-electron chi connectivity index (χ1n) is 6.79. The number of ether oxygens (including phenoxy) is 1. The van der Waals surface area contributed by atoms with Crippen LogP contribution in [0.4, 0.5) is 0 Å². The largest absolute Gasteiger partial charge is 0.481 e. The van der Waals surface area contributed by atoms with Gasteiger partial charge in [0.05, 0.1) is 11.3 Å². The number of benzene rings is 2. The van der Waals surface area contributed by atoms with Crippen molar-refractivity contribution >= 4 is 29.3 Å². The van der Waals surface area contributed by atoms with E-state index in [0.717, 1.165) is 4.90 Å². The molecular weight excluding hydrogens is 320 g/mol. The molecule has 0 aromatic heterocycles. The van der Waals surface area contributed by atoms with Crippen LogP contribution in [0.15, 0.2) is 53.4 Å². The van der Waals surface area contributed by atoms with Gasteiger partial charge in [0.15, 0.2) is 0 Å². The van der Waals surface area contributed by atoms with Gasteiger partial charge in [-0.15, -0.1) is 11.8 Å². The Labute approximate surface area is 139 Å². The molecular formula is C17H17ClO3S. The second kappa shape index (κ2) is 7.07. The van der Waals surface area contributed by atoms with Crippen molar-refractivity contribution in [2.45, 2.75) is 29.9 Å². The van der Waals surface area contributed by atoms with Crippen molar-refractivity contribution in [1.29, 1.82) is 0 Å². The monoisotopic (exact) mass is 336 g/mol. The number of halogens is 1. The van der Waals surface area contributed by atoms with Gasteiger partial charge in [-0.05, 0) is 50.2 Å². The molecule has 0 radical (unpaired) electrons. The van der Waals surface area contributed by atoms with Crippen LogP contribution in [0.1, 0.15) is 20.3 Å². The highest BCUT2D eigenvalue weighted by Crippen LogP contribution is 2.41. The van der Waals surface area contributed by atoms with E-state index in [-0.39, 0.29) is 6.42 Å². The molecule has 0 bridgehead atoms. The first kappa shape index (κ1) is 16.7. The van der Waals surface area contributed by atoms with Gasteiger partial charge in [0.25, 0.3) is 0 Å². The summed E-state index contributed by atoms with van der Waals surface area (Å²) in [6, 6.07) is 14.7. The minimum absolute atomic E-state index is 0.0763. The number of thioether (sulfide) groups is 1. The van der Waals surface area contributed by atoms with Crippen LogP contribution < -0.4 is 4.74 Å². The zero-order chi connectivity index (χ0) is 16.2. The number of hydrogen-bond donors (Lipinski definition) is 1. The third kappa shape index (κ3) is 4.97. The topological polar surface area (TPSA) is 46.5 Å². The Bertz CT molecular complexity index is 653. The molecule has 0 unspecified atom stereocenters. The van der Waals surface area contributed by atoms with Crippen molar-refractivity contribution in [3.05, 3.63) is 53.6 Å². The molecule has 3 nitrogen and oxygen atoms in total. The molecule has 0 aliphatic carbocycles. The summed E-state index contributed by atoms with van der Waals surface area (Å²) in [6.45, 7) is 3.82. The zero-order valence-corrected chi connectivity index (χ0v) is 13.9. The molecule has 116 valence electrons. The van der Waals surface area contributed by atoms with Crippen LogP contribution in [-0.4, -0.2) is 15.8 Å². The molecule has 0 atom stereocenters. The summed E-state index contributed by atoms with van der Waals surface area (Å²) < 4.78 is 5.46.